The van der Waals surface area contributed by atoms with E-state index in [0.29, 0.717) is 42.8 Å². The average Bonchev–Trinajstić information content (AvgIpc) is 3.45. The highest BCUT2D eigenvalue weighted by Crippen LogP contribution is 2.49. The van der Waals surface area contributed by atoms with Crippen LogP contribution in [0, 0.1) is 5.92 Å². The molecule has 0 saturated carbocycles. The lowest BCUT2D eigenvalue weighted by Crippen LogP contribution is -2.37. The minimum absolute atomic E-state index is 0.333. The molecule has 38 heavy (non-hydrogen) atoms. The van der Waals surface area contributed by atoms with Gasteiger partial charge in [-0.1, -0.05) is 43.3 Å². The van der Waals surface area contributed by atoms with Crippen LogP contribution >= 0.6 is 0 Å². The van der Waals surface area contributed by atoms with Crippen molar-refractivity contribution in [3.8, 4) is 17.2 Å². The maximum atomic E-state index is 14.0. The minimum atomic E-state index is -0.978. The standard InChI is InChI=1S/C30H32N2O6/c1-4-18-37-24-17-16-20(19-25(24)36-6-3)27-26-28(38-32(27)21-12-8-7-9-13-21)30(34)31(29(26)33)22-14-10-11-15-23(22)35-5-2/h7-17,19,26-28H,4-6,18H2,1-3H3/t26-,27-,28+/m1/s1. The zero-order chi connectivity index (χ0) is 26.6. The Bertz CT molecular complexity index is 1300. The van der Waals surface area contributed by atoms with Gasteiger partial charge >= 0.3 is 0 Å². The number of hydrogen-bond donors (Lipinski definition) is 0. The molecule has 5 rings (SSSR count). The van der Waals surface area contributed by atoms with E-state index in [9.17, 15) is 9.59 Å². The first-order valence-corrected chi connectivity index (χ1v) is 13.1. The highest BCUT2D eigenvalue weighted by Gasteiger charge is 2.60. The van der Waals surface area contributed by atoms with Gasteiger partial charge in [-0.05, 0) is 62.2 Å². The van der Waals surface area contributed by atoms with Gasteiger partial charge in [0.15, 0.2) is 17.6 Å². The highest BCUT2D eigenvalue weighted by molar-refractivity contribution is 6.24. The summed E-state index contributed by atoms with van der Waals surface area (Å²) in [5.74, 6) is 0.187. The Morgan fingerprint density at radius 1 is 0.763 bits per heavy atom. The van der Waals surface area contributed by atoms with E-state index in [-0.39, 0.29) is 5.91 Å². The molecule has 0 N–H and O–H groups in total. The molecular formula is C30H32N2O6. The normalized spacial score (nSPS) is 20.6. The summed E-state index contributed by atoms with van der Waals surface area (Å²) < 4.78 is 17.5. The second-order valence-electron chi connectivity index (χ2n) is 9.06. The number of hydroxylamine groups is 1. The first-order valence-electron chi connectivity index (χ1n) is 13.1. The third kappa shape index (κ3) is 4.56. The molecule has 0 aromatic heterocycles. The van der Waals surface area contributed by atoms with Crippen molar-refractivity contribution in [1.82, 2.24) is 0 Å². The van der Waals surface area contributed by atoms with E-state index >= 15 is 0 Å². The summed E-state index contributed by atoms with van der Waals surface area (Å²) in [6, 6.07) is 21.6. The second kappa shape index (κ2) is 11.1. The van der Waals surface area contributed by atoms with Gasteiger partial charge in [-0.15, -0.1) is 0 Å². The fourth-order valence-electron chi connectivity index (χ4n) is 5.02. The van der Waals surface area contributed by atoms with E-state index in [0.717, 1.165) is 17.7 Å². The van der Waals surface area contributed by atoms with Gasteiger partial charge < -0.3 is 14.2 Å². The molecule has 198 valence electrons. The molecular weight excluding hydrogens is 484 g/mol. The van der Waals surface area contributed by atoms with Crippen LogP contribution in [0.2, 0.25) is 0 Å². The molecule has 0 unspecified atom stereocenters. The van der Waals surface area contributed by atoms with Gasteiger partial charge in [-0.2, -0.15) is 0 Å². The van der Waals surface area contributed by atoms with Gasteiger partial charge in [0, 0.05) is 0 Å². The Kier molecular flexibility index (Phi) is 7.51. The van der Waals surface area contributed by atoms with E-state index in [4.69, 9.17) is 19.0 Å². The smallest absolute Gasteiger partial charge is 0.266 e. The van der Waals surface area contributed by atoms with E-state index < -0.39 is 24.0 Å². The minimum Gasteiger partial charge on any atom is -0.492 e. The van der Waals surface area contributed by atoms with Crippen LogP contribution in [0.4, 0.5) is 11.4 Å². The molecule has 3 atom stereocenters. The van der Waals surface area contributed by atoms with E-state index in [1.54, 1.807) is 23.3 Å². The summed E-state index contributed by atoms with van der Waals surface area (Å²) in [5, 5.41) is 1.68. The Morgan fingerprint density at radius 3 is 2.21 bits per heavy atom. The number of benzene rings is 3. The number of hydrogen-bond acceptors (Lipinski definition) is 7. The van der Waals surface area contributed by atoms with Crippen molar-refractivity contribution >= 4 is 23.2 Å². The number of carbonyl (C=O) groups is 2. The van der Waals surface area contributed by atoms with Crippen molar-refractivity contribution in [3.63, 3.8) is 0 Å². The zero-order valence-electron chi connectivity index (χ0n) is 21.8. The highest BCUT2D eigenvalue weighted by atomic mass is 16.7. The molecule has 2 aliphatic rings. The average molecular weight is 517 g/mol. The van der Waals surface area contributed by atoms with Crippen LogP contribution in [0.25, 0.3) is 0 Å². The van der Waals surface area contributed by atoms with Crippen LogP contribution in [0.3, 0.4) is 0 Å². The summed E-state index contributed by atoms with van der Waals surface area (Å²) >= 11 is 0. The number of nitrogens with zero attached hydrogens (tertiary/aromatic N) is 2. The summed E-state index contributed by atoms with van der Waals surface area (Å²) in [6.45, 7) is 7.25. The molecule has 3 aromatic rings. The number of para-hydroxylation sites is 3. The summed E-state index contributed by atoms with van der Waals surface area (Å²) in [6.07, 6.45) is -0.112. The molecule has 0 spiro atoms. The van der Waals surface area contributed by atoms with Crippen molar-refractivity contribution in [3.05, 3.63) is 78.4 Å². The first kappa shape index (κ1) is 25.6. The van der Waals surface area contributed by atoms with E-state index in [1.807, 2.05) is 75.4 Å². The Labute approximate surface area is 222 Å². The van der Waals surface area contributed by atoms with Gasteiger partial charge in [-0.3, -0.25) is 14.4 Å². The number of carbonyl (C=O) groups excluding carboxylic acids is 2. The molecule has 2 saturated heterocycles. The van der Waals surface area contributed by atoms with Gasteiger partial charge in [0.05, 0.1) is 37.2 Å². The fourth-order valence-corrected chi connectivity index (χ4v) is 5.02. The van der Waals surface area contributed by atoms with Crippen LogP contribution in [0.15, 0.2) is 72.8 Å². The molecule has 0 radical (unpaired) electrons. The fraction of sp³-hybridized carbons (Fsp3) is 0.333. The third-order valence-corrected chi connectivity index (χ3v) is 6.60. The van der Waals surface area contributed by atoms with E-state index in [1.165, 1.54) is 4.90 Å². The zero-order valence-corrected chi connectivity index (χ0v) is 21.8. The summed E-state index contributed by atoms with van der Waals surface area (Å²) in [7, 11) is 0. The molecule has 8 nitrogen and oxygen atoms in total. The van der Waals surface area contributed by atoms with Crippen LogP contribution < -0.4 is 24.2 Å². The van der Waals surface area contributed by atoms with E-state index in [2.05, 4.69) is 0 Å². The molecule has 3 aromatic carbocycles. The Balaban J connectivity index is 1.58. The number of ether oxygens (including phenoxy) is 3. The molecule has 2 heterocycles. The van der Waals surface area contributed by atoms with Gasteiger partial charge in [0.25, 0.3) is 5.91 Å². The van der Waals surface area contributed by atoms with Crippen LogP contribution in [0.5, 0.6) is 17.2 Å². The summed E-state index contributed by atoms with van der Waals surface area (Å²) in [4.78, 5) is 35.2. The van der Waals surface area contributed by atoms with Crippen LogP contribution in [-0.2, 0) is 14.4 Å². The topological polar surface area (TPSA) is 77.5 Å². The lowest BCUT2D eigenvalue weighted by Gasteiger charge is -2.29. The summed E-state index contributed by atoms with van der Waals surface area (Å²) in [5.41, 5.74) is 1.96. The van der Waals surface area contributed by atoms with Gasteiger partial charge in [-0.25, -0.2) is 9.96 Å². The van der Waals surface area contributed by atoms with Crippen molar-refractivity contribution < 1.29 is 28.6 Å². The first-order chi connectivity index (χ1) is 18.6. The number of imide groups is 1. The monoisotopic (exact) mass is 516 g/mol. The van der Waals surface area contributed by atoms with Gasteiger partial charge in [0.1, 0.15) is 11.7 Å². The molecule has 2 fully saturated rings. The largest absolute Gasteiger partial charge is 0.492 e. The Morgan fingerprint density at radius 2 is 1.47 bits per heavy atom. The second-order valence-corrected chi connectivity index (χ2v) is 9.06. The predicted octanol–water partition coefficient (Wildman–Crippen LogP) is 5.32. The van der Waals surface area contributed by atoms with Gasteiger partial charge in [0.2, 0.25) is 5.91 Å². The maximum Gasteiger partial charge on any atom is 0.266 e. The lowest BCUT2D eigenvalue weighted by molar-refractivity contribution is -0.126. The third-order valence-electron chi connectivity index (χ3n) is 6.60. The number of fused-ring (bicyclic) bond motifs is 1. The predicted molar refractivity (Wildman–Crippen MR) is 144 cm³/mol. The van der Waals surface area contributed by atoms with Crippen LogP contribution in [0.1, 0.15) is 38.8 Å². The van der Waals surface area contributed by atoms with Crippen molar-refractivity contribution in [2.75, 3.05) is 29.8 Å². The molecule has 8 heteroatoms. The Hall–Kier alpha value is -4.04. The SMILES string of the molecule is CCCOc1ccc([C@@H]2[C@H]3C(=O)N(c4ccccc4OCC)C(=O)[C@H]3ON2c2ccccc2)cc1OCC. The molecule has 2 aliphatic heterocycles. The van der Waals surface area contributed by atoms with Crippen molar-refractivity contribution in [2.45, 2.75) is 39.3 Å². The lowest BCUT2D eigenvalue weighted by atomic mass is 9.90. The van der Waals surface area contributed by atoms with Crippen molar-refractivity contribution in [1.29, 1.82) is 0 Å². The van der Waals surface area contributed by atoms with Crippen molar-refractivity contribution in [2.24, 2.45) is 5.92 Å². The van der Waals surface area contributed by atoms with Crippen LogP contribution in [-0.4, -0.2) is 37.7 Å². The number of rotatable bonds is 10. The maximum absolute atomic E-state index is 14.0. The molecule has 0 bridgehead atoms. The molecule has 0 aliphatic carbocycles. The quantitative estimate of drug-likeness (QED) is 0.337. The number of anilines is 2. The number of amides is 2. The molecule has 2 amide bonds.